The van der Waals surface area contributed by atoms with Crippen molar-refractivity contribution in [1.82, 2.24) is 10.3 Å². The molecule has 0 fully saturated rings. The highest BCUT2D eigenvalue weighted by molar-refractivity contribution is 5.95. The summed E-state index contributed by atoms with van der Waals surface area (Å²) < 4.78 is 18.7. The maximum absolute atomic E-state index is 13.5. The molecule has 6 heteroatoms. The molecule has 5 nitrogen and oxygen atoms in total. The van der Waals surface area contributed by atoms with E-state index in [1.807, 2.05) is 13.8 Å². The Kier molecular flexibility index (Phi) is 5.51. The highest BCUT2D eigenvalue weighted by Crippen LogP contribution is 2.11. The Morgan fingerprint density at radius 2 is 2.33 bits per heavy atom. The summed E-state index contributed by atoms with van der Waals surface area (Å²) in [5.41, 5.74) is 5.17. The second-order valence-electron chi connectivity index (χ2n) is 4.28. The molecule has 0 unspecified atom stereocenters. The molecule has 0 spiro atoms. The number of anilines is 1. The summed E-state index contributed by atoms with van der Waals surface area (Å²) in [6, 6.07) is 1.29. The minimum atomic E-state index is -0.793. The zero-order valence-electron chi connectivity index (χ0n) is 10.6. The molecule has 0 bridgehead atoms. The first kappa shape index (κ1) is 14.4. The van der Waals surface area contributed by atoms with Crippen molar-refractivity contribution in [2.75, 3.05) is 25.5 Å². The molecule has 1 aromatic rings. The SMILES string of the molecule is CC(C)COCCNC(=O)c1ccnc(N)c1F. The largest absolute Gasteiger partial charge is 0.381 e. The first-order chi connectivity index (χ1) is 8.52. The van der Waals surface area contributed by atoms with E-state index in [9.17, 15) is 9.18 Å². The van der Waals surface area contributed by atoms with Crippen LogP contribution in [-0.4, -0.2) is 30.6 Å². The standard InChI is InChI=1S/C12H18FN3O2/c1-8(2)7-18-6-5-16-12(17)9-3-4-15-11(14)10(9)13/h3-4,8H,5-7H2,1-2H3,(H2,14,15)(H,16,17). The van der Waals surface area contributed by atoms with Crippen LogP contribution in [0.4, 0.5) is 10.2 Å². The van der Waals surface area contributed by atoms with Crippen LogP contribution in [0.5, 0.6) is 0 Å². The number of halogens is 1. The lowest BCUT2D eigenvalue weighted by Crippen LogP contribution is -2.28. The average molecular weight is 255 g/mol. The number of nitrogens with one attached hydrogen (secondary N) is 1. The molecule has 0 radical (unpaired) electrons. The zero-order valence-corrected chi connectivity index (χ0v) is 10.6. The van der Waals surface area contributed by atoms with Gasteiger partial charge in [-0.3, -0.25) is 4.79 Å². The van der Waals surface area contributed by atoms with Gasteiger partial charge in [-0.15, -0.1) is 0 Å². The van der Waals surface area contributed by atoms with Crippen LogP contribution in [0, 0.1) is 11.7 Å². The molecular weight excluding hydrogens is 237 g/mol. The molecule has 0 saturated carbocycles. The Hall–Kier alpha value is -1.69. The number of ether oxygens (including phenoxy) is 1. The van der Waals surface area contributed by atoms with Gasteiger partial charge in [-0.05, 0) is 12.0 Å². The molecule has 0 aliphatic carbocycles. The number of hydrogen-bond acceptors (Lipinski definition) is 4. The topological polar surface area (TPSA) is 77.2 Å². The van der Waals surface area contributed by atoms with Gasteiger partial charge in [-0.1, -0.05) is 13.8 Å². The van der Waals surface area contributed by atoms with Gasteiger partial charge in [-0.25, -0.2) is 9.37 Å². The molecule has 18 heavy (non-hydrogen) atoms. The molecule has 1 rings (SSSR count). The van der Waals surface area contributed by atoms with Crippen molar-refractivity contribution in [3.05, 3.63) is 23.6 Å². The van der Waals surface area contributed by atoms with Gasteiger partial charge < -0.3 is 15.8 Å². The van der Waals surface area contributed by atoms with E-state index in [0.717, 1.165) is 0 Å². The number of carbonyl (C=O) groups is 1. The highest BCUT2D eigenvalue weighted by Gasteiger charge is 2.13. The van der Waals surface area contributed by atoms with Crippen molar-refractivity contribution in [1.29, 1.82) is 0 Å². The van der Waals surface area contributed by atoms with Gasteiger partial charge in [0.05, 0.1) is 12.2 Å². The minimum Gasteiger partial charge on any atom is -0.381 e. The number of carbonyl (C=O) groups excluding carboxylic acids is 1. The molecule has 1 aromatic heterocycles. The van der Waals surface area contributed by atoms with E-state index in [1.54, 1.807) is 0 Å². The maximum Gasteiger partial charge on any atom is 0.254 e. The van der Waals surface area contributed by atoms with Gasteiger partial charge in [0.25, 0.3) is 5.91 Å². The molecule has 0 saturated heterocycles. The average Bonchev–Trinajstić information content (AvgIpc) is 2.31. The first-order valence-electron chi connectivity index (χ1n) is 5.78. The fourth-order valence-corrected chi connectivity index (χ4v) is 1.29. The first-order valence-corrected chi connectivity index (χ1v) is 5.78. The van der Waals surface area contributed by atoms with Crippen molar-refractivity contribution in [3.8, 4) is 0 Å². The number of pyridine rings is 1. The van der Waals surface area contributed by atoms with Gasteiger partial charge in [0.2, 0.25) is 0 Å². The summed E-state index contributed by atoms with van der Waals surface area (Å²) in [4.78, 5) is 15.2. The number of amides is 1. The summed E-state index contributed by atoms with van der Waals surface area (Å²) >= 11 is 0. The van der Waals surface area contributed by atoms with Crippen LogP contribution < -0.4 is 11.1 Å². The second kappa shape index (κ2) is 6.90. The Morgan fingerprint density at radius 3 is 3.00 bits per heavy atom. The second-order valence-corrected chi connectivity index (χ2v) is 4.28. The Balaban J connectivity index is 2.39. The maximum atomic E-state index is 13.5. The van der Waals surface area contributed by atoms with Crippen LogP contribution in [0.3, 0.4) is 0 Å². The summed E-state index contributed by atoms with van der Waals surface area (Å²) in [5, 5.41) is 2.55. The van der Waals surface area contributed by atoms with Crippen LogP contribution in [-0.2, 0) is 4.74 Å². The highest BCUT2D eigenvalue weighted by atomic mass is 19.1. The van der Waals surface area contributed by atoms with Gasteiger partial charge in [0.15, 0.2) is 11.6 Å². The lowest BCUT2D eigenvalue weighted by Gasteiger charge is -2.08. The fraction of sp³-hybridized carbons (Fsp3) is 0.500. The Morgan fingerprint density at radius 1 is 1.61 bits per heavy atom. The molecule has 3 N–H and O–H groups in total. The predicted molar refractivity (Wildman–Crippen MR) is 66.6 cm³/mol. The molecule has 0 aromatic carbocycles. The lowest BCUT2D eigenvalue weighted by molar-refractivity contribution is 0.0883. The molecule has 1 heterocycles. The van der Waals surface area contributed by atoms with Gasteiger partial charge in [-0.2, -0.15) is 0 Å². The molecule has 0 aliphatic rings. The minimum absolute atomic E-state index is 0.105. The van der Waals surface area contributed by atoms with Crippen LogP contribution in [0.25, 0.3) is 0 Å². The molecule has 1 amide bonds. The van der Waals surface area contributed by atoms with E-state index >= 15 is 0 Å². The fourth-order valence-electron chi connectivity index (χ4n) is 1.29. The van der Waals surface area contributed by atoms with Crippen molar-refractivity contribution in [2.24, 2.45) is 5.92 Å². The monoisotopic (exact) mass is 255 g/mol. The smallest absolute Gasteiger partial charge is 0.254 e. The quantitative estimate of drug-likeness (QED) is 0.749. The van der Waals surface area contributed by atoms with Gasteiger partial charge >= 0.3 is 0 Å². The third kappa shape index (κ3) is 4.29. The summed E-state index contributed by atoms with van der Waals surface area (Å²) in [5.74, 6) is -1.15. The van der Waals surface area contributed by atoms with Crippen LogP contribution in [0.2, 0.25) is 0 Å². The normalized spacial score (nSPS) is 10.7. The van der Waals surface area contributed by atoms with Crippen molar-refractivity contribution in [3.63, 3.8) is 0 Å². The number of rotatable bonds is 6. The van der Waals surface area contributed by atoms with E-state index in [-0.39, 0.29) is 11.4 Å². The van der Waals surface area contributed by atoms with Gasteiger partial charge in [0, 0.05) is 19.3 Å². The number of hydrogen-bond donors (Lipinski definition) is 2. The summed E-state index contributed by atoms with van der Waals surface area (Å²) in [7, 11) is 0. The zero-order chi connectivity index (χ0) is 13.5. The third-order valence-corrected chi connectivity index (χ3v) is 2.14. The summed E-state index contributed by atoms with van der Waals surface area (Å²) in [6.45, 7) is 5.42. The molecule has 100 valence electrons. The van der Waals surface area contributed by atoms with Crippen LogP contribution in [0.1, 0.15) is 24.2 Å². The van der Waals surface area contributed by atoms with E-state index < -0.39 is 11.7 Å². The van der Waals surface area contributed by atoms with E-state index in [0.29, 0.717) is 25.7 Å². The van der Waals surface area contributed by atoms with Crippen molar-refractivity contribution in [2.45, 2.75) is 13.8 Å². The summed E-state index contributed by atoms with van der Waals surface area (Å²) in [6.07, 6.45) is 1.29. The molecule has 0 atom stereocenters. The predicted octanol–water partition coefficient (Wildman–Crippen LogP) is 1.21. The molecular formula is C12H18FN3O2. The Labute approximate surface area is 106 Å². The van der Waals surface area contributed by atoms with E-state index in [2.05, 4.69) is 10.3 Å². The van der Waals surface area contributed by atoms with Crippen molar-refractivity contribution >= 4 is 11.7 Å². The van der Waals surface area contributed by atoms with Crippen molar-refractivity contribution < 1.29 is 13.9 Å². The number of aromatic nitrogens is 1. The van der Waals surface area contributed by atoms with E-state index in [1.165, 1.54) is 12.3 Å². The van der Waals surface area contributed by atoms with Gasteiger partial charge in [0.1, 0.15) is 0 Å². The molecule has 0 aliphatic heterocycles. The number of nitrogen functional groups attached to an aromatic ring is 1. The van der Waals surface area contributed by atoms with Crippen LogP contribution >= 0.6 is 0 Å². The number of nitrogens with two attached hydrogens (primary N) is 1. The lowest BCUT2D eigenvalue weighted by atomic mass is 10.2. The van der Waals surface area contributed by atoms with E-state index in [4.69, 9.17) is 10.5 Å². The van der Waals surface area contributed by atoms with Crippen LogP contribution in [0.15, 0.2) is 12.3 Å². The Bertz CT molecular complexity index is 410. The third-order valence-electron chi connectivity index (χ3n) is 2.14. The number of nitrogens with zero attached hydrogens (tertiary/aromatic N) is 1.